The summed E-state index contributed by atoms with van der Waals surface area (Å²) in [5.41, 5.74) is 0.392. The van der Waals surface area contributed by atoms with Gasteiger partial charge in [0.1, 0.15) is 0 Å². The van der Waals surface area contributed by atoms with Crippen molar-refractivity contribution < 1.29 is 27.4 Å². The highest BCUT2D eigenvalue weighted by Gasteiger charge is 2.48. The van der Waals surface area contributed by atoms with E-state index in [0.29, 0.717) is 38.9 Å². The second kappa shape index (κ2) is 6.37. The number of carbonyl (C=O) groups is 1. The summed E-state index contributed by atoms with van der Waals surface area (Å²) in [6.07, 6.45) is -2.48. The number of carbonyl (C=O) groups excluding carboxylic acids is 1. The zero-order valence-corrected chi connectivity index (χ0v) is 13.2. The summed E-state index contributed by atoms with van der Waals surface area (Å²) in [6, 6.07) is 9.37. The monoisotopic (exact) mass is 343 g/mol. The van der Waals surface area contributed by atoms with Crippen LogP contribution in [0.2, 0.25) is 0 Å². The first-order valence-electron chi connectivity index (χ1n) is 8.04. The normalized spacial score (nSPS) is 22.5. The van der Waals surface area contributed by atoms with E-state index in [1.165, 1.54) is 0 Å². The number of benzene rings is 1. The molecule has 1 aromatic carbocycles. The molecular weight excluding hydrogens is 323 g/mol. The molecular formula is C17H20F3NO3. The molecule has 1 spiro atoms. The maximum absolute atomic E-state index is 12.5. The fourth-order valence-corrected chi connectivity index (χ4v) is 3.60. The molecule has 3 rings (SSSR count). The third-order valence-corrected chi connectivity index (χ3v) is 5.01. The highest BCUT2D eigenvalue weighted by atomic mass is 19.4. The first kappa shape index (κ1) is 17.2. The molecule has 1 saturated carbocycles. The van der Waals surface area contributed by atoms with E-state index < -0.39 is 23.3 Å². The number of halogens is 3. The Morgan fingerprint density at radius 2 is 1.62 bits per heavy atom. The van der Waals surface area contributed by atoms with Gasteiger partial charge in [-0.15, -0.1) is 0 Å². The van der Waals surface area contributed by atoms with Gasteiger partial charge in [-0.2, -0.15) is 13.2 Å². The van der Waals surface area contributed by atoms with E-state index in [-0.39, 0.29) is 6.54 Å². The van der Waals surface area contributed by atoms with Gasteiger partial charge in [0.25, 0.3) is 0 Å². The number of hydrogen-bond donors (Lipinski definition) is 1. The van der Waals surface area contributed by atoms with Crippen LogP contribution in [0.1, 0.15) is 31.2 Å². The molecule has 4 nitrogen and oxygen atoms in total. The topological polar surface area (TPSA) is 47.6 Å². The average molecular weight is 343 g/mol. The van der Waals surface area contributed by atoms with Crippen LogP contribution < -0.4 is 5.32 Å². The van der Waals surface area contributed by atoms with Gasteiger partial charge in [0.05, 0.1) is 13.2 Å². The van der Waals surface area contributed by atoms with Crippen molar-refractivity contribution in [2.75, 3.05) is 19.8 Å². The van der Waals surface area contributed by atoms with Crippen molar-refractivity contribution >= 4 is 5.91 Å². The molecule has 0 bridgehead atoms. The van der Waals surface area contributed by atoms with Crippen molar-refractivity contribution in [3.63, 3.8) is 0 Å². The fraction of sp³-hybridized carbons (Fsp3) is 0.588. The molecule has 0 atom stereocenters. The number of amides is 1. The molecule has 2 fully saturated rings. The van der Waals surface area contributed by atoms with E-state index in [1.807, 2.05) is 30.3 Å². The minimum atomic E-state index is -4.87. The maximum atomic E-state index is 12.5. The van der Waals surface area contributed by atoms with E-state index in [2.05, 4.69) is 5.32 Å². The Balaban J connectivity index is 1.77. The third kappa shape index (κ3) is 3.42. The second-order valence-corrected chi connectivity index (χ2v) is 6.43. The van der Waals surface area contributed by atoms with Gasteiger partial charge in [-0.3, -0.25) is 4.79 Å². The lowest BCUT2D eigenvalue weighted by Gasteiger charge is -2.44. The van der Waals surface area contributed by atoms with Crippen molar-refractivity contribution in [1.82, 2.24) is 5.32 Å². The molecule has 0 radical (unpaired) electrons. The number of ether oxygens (including phenoxy) is 2. The lowest BCUT2D eigenvalue weighted by molar-refractivity contribution is -0.186. The minimum Gasteiger partial charge on any atom is -0.348 e. The number of hydrogen-bond acceptors (Lipinski definition) is 3. The Morgan fingerprint density at radius 3 is 2.17 bits per heavy atom. The van der Waals surface area contributed by atoms with Gasteiger partial charge in [0.2, 0.25) is 0 Å². The van der Waals surface area contributed by atoms with Gasteiger partial charge in [-0.05, 0) is 18.4 Å². The Morgan fingerprint density at radius 1 is 1.04 bits per heavy atom. The highest BCUT2D eigenvalue weighted by Crippen LogP contribution is 2.46. The summed E-state index contributed by atoms with van der Waals surface area (Å²) in [4.78, 5) is 11.2. The van der Waals surface area contributed by atoms with Crippen molar-refractivity contribution in [2.24, 2.45) is 0 Å². The largest absolute Gasteiger partial charge is 0.471 e. The number of rotatable bonds is 3. The second-order valence-electron chi connectivity index (χ2n) is 6.43. The lowest BCUT2D eigenvalue weighted by Crippen LogP contribution is -2.50. The summed E-state index contributed by atoms with van der Waals surface area (Å²) in [5, 5.41) is 2.07. The predicted molar refractivity (Wildman–Crippen MR) is 80.3 cm³/mol. The van der Waals surface area contributed by atoms with Crippen LogP contribution in [0.5, 0.6) is 0 Å². The summed E-state index contributed by atoms with van der Waals surface area (Å²) < 4.78 is 49.0. The molecule has 1 amide bonds. The van der Waals surface area contributed by atoms with Crippen LogP contribution in [0.4, 0.5) is 13.2 Å². The standard InChI is InChI=1S/C17H20F3NO3/c18-17(19,20)14(22)21-12-15(13-4-2-1-3-5-13)6-8-16(9-7-15)23-10-11-24-16/h1-5H,6-12H2,(H,21,22). The summed E-state index contributed by atoms with van der Waals surface area (Å²) in [7, 11) is 0. The highest BCUT2D eigenvalue weighted by molar-refractivity contribution is 5.81. The molecule has 7 heteroatoms. The van der Waals surface area contributed by atoms with E-state index >= 15 is 0 Å². The molecule has 1 heterocycles. The molecule has 1 aliphatic carbocycles. The molecule has 1 aromatic rings. The van der Waals surface area contributed by atoms with Crippen LogP contribution in [0.25, 0.3) is 0 Å². The average Bonchev–Trinajstić information content (AvgIpc) is 3.03. The Bertz CT molecular complexity index is 572. The third-order valence-electron chi connectivity index (χ3n) is 5.01. The van der Waals surface area contributed by atoms with E-state index in [1.54, 1.807) is 0 Å². The first-order valence-corrected chi connectivity index (χ1v) is 8.04. The molecule has 1 aliphatic heterocycles. The molecule has 24 heavy (non-hydrogen) atoms. The van der Waals surface area contributed by atoms with E-state index in [9.17, 15) is 18.0 Å². The molecule has 132 valence electrons. The molecule has 0 aromatic heterocycles. The maximum Gasteiger partial charge on any atom is 0.471 e. The summed E-state index contributed by atoms with van der Waals surface area (Å²) in [5.74, 6) is -2.50. The lowest BCUT2D eigenvalue weighted by atomic mass is 9.67. The van der Waals surface area contributed by atoms with Crippen LogP contribution >= 0.6 is 0 Å². The zero-order valence-electron chi connectivity index (χ0n) is 13.2. The Hall–Kier alpha value is -1.60. The molecule has 0 unspecified atom stereocenters. The SMILES string of the molecule is O=C(NCC1(c2ccccc2)CCC2(CC1)OCCO2)C(F)(F)F. The van der Waals surface area contributed by atoms with Crippen molar-refractivity contribution in [2.45, 2.75) is 43.1 Å². The zero-order chi connectivity index (χ0) is 17.3. The summed E-state index contributed by atoms with van der Waals surface area (Å²) >= 11 is 0. The van der Waals surface area contributed by atoms with Gasteiger partial charge >= 0.3 is 12.1 Å². The van der Waals surface area contributed by atoms with Crippen LogP contribution in [-0.2, 0) is 19.7 Å². The van der Waals surface area contributed by atoms with Crippen molar-refractivity contribution in [3.05, 3.63) is 35.9 Å². The Labute approximate surface area is 138 Å². The molecule has 1 N–H and O–H groups in total. The number of alkyl halides is 3. The van der Waals surface area contributed by atoms with Crippen LogP contribution in [0.15, 0.2) is 30.3 Å². The van der Waals surface area contributed by atoms with Crippen molar-refractivity contribution in [3.8, 4) is 0 Å². The van der Waals surface area contributed by atoms with Gasteiger partial charge in [-0.25, -0.2) is 0 Å². The van der Waals surface area contributed by atoms with Gasteiger partial charge in [0, 0.05) is 24.8 Å². The minimum absolute atomic E-state index is 0.0502. The summed E-state index contributed by atoms with van der Waals surface area (Å²) in [6.45, 7) is 1.04. The van der Waals surface area contributed by atoms with E-state index in [4.69, 9.17) is 9.47 Å². The van der Waals surface area contributed by atoms with Crippen LogP contribution in [0, 0.1) is 0 Å². The van der Waals surface area contributed by atoms with Crippen LogP contribution in [0.3, 0.4) is 0 Å². The molecule has 2 aliphatic rings. The van der Waals surface area contributed by atoms with Crippen molar-refractivity contribution in [1.29, 1.82) is 0 Å². The predicted octanol–water partition coefficient (Wildman–Crippen LogP) is 2.92. The van der Waals surface area contributed by atoms with Crippen LogP contribution in [-0.4, -0.2) is 37.6 Å². The fourth-order valence-electron chi connectivity index (χ4n) is 3.60. The van der Waals surface area contributed by atoms with Gasteiger partial charge < -0.3 is 14.8 Å². The van der Waals surface area contributed by atoms with Gasteiger partial charge in [0.15, 0.2) is 5.79 Å². The first-order chi connectivity index (χ1) is 11.4. The smallest absolute Gasteiger partial charge is 0.348 e. The number of nitrogens with one attached hydrogen (secondary N) is 1. The quantitative estimate of drug-likeness (QED) is 0.918. The van der Waals surface area contributed by atoms with E-state index in [0.717, 1.165) is 5.56 Å². The Kier molecular flexibility index (Phi) is 4.57. The van der Waals surface area contributed by atoms with Gasteiger partial charge in [-0.1, -0.05) is 30.3 Å². The molecule has 1 saturated heterocycles.